The Labute approximate surface area is 103 Å². The summed E-state index contributed by atoms with van der Waals surface area (Å²) in [5.74, 6) is 0.130. The van der Waals surface area contributed by atoms with Crippen molar-refractivity contribution in [2.24, 2.45) is 7.05 Å². The number of nitrogen functional groups attached to an aromatic ring is 1. The Balaban J connectivity index is 2.43. The zero-order valence-corrected chi connectivity index (χ0v) is 9.94. The van der Waals surface area contributed by atoms with Crippen molar-refractivity contribution in [1.82, 2.24) is 9.78 Å². The van der Waals surface area contributed by atoms with Gasteiger partial charge in [0.05, 0.1) is 11.4 Å². The third-order valence-electron chi connectivity index (χ3n) is 2.46. The first-order chi connectivity index (χ1) is 8.52. The SMILES string of the molecule is Cc1nn(C)c(Oc2ccc(F)cc2N)c1C#N. The van der Waals surface area contributed by atoms with Crippen LogP contribution in [-0.2, 0) is 7.05 Å². The Morgan fingerprint density at radius 1 is 1.50 bits per heavy atom. The molecule has 0 radical (unpaired) electrons. The summed E-state index contributed by atoms with van der Waals surface area (Å²) in [5, 5.41) is 13.1. The van der Waals surface area contributed by atoms with Crippen LogP contribution in [0.25, 0.3) is 0 Å². The number of nitrogens with zero attached hydrogens (tertiary/aromatic N) is 3. The highest BCUT2D eigenvalue weighted by molar-refractivity contribution is 5.55. The Kier molecular flexibility index (Phi) is 2.90. The van der Waals surface area contributed by atoms with Gasteiger partial charge in [0.25, 0.3) is 0 Å². The predicted molar refractivity (Wildman–Crippen MR) is 63.5 cm³/mol. The fourth-order valence-corrected chi connectivity index (χ4v) is 1.60. The van der Waals surface area contributed by atoms with E-state index in [4.69, 9.17) is 15.7 Å². The maximum absolute atomic E-state index is 12.9. The van der Waals surface area contributed by atoms with Crippen LogP contribution in [0, 0.1) is 24.1 Å². The fraction of sp³-hybridized carbons (Fsp3) is 0.167. The van der Waals surface area contributed by atoms with E-state index in [-0.39, 0.29) is 17.3 Å². The number of halogens is 1. The second kappa shape index (κ2) is 4.37. The van der Waals surface area contributed by atoms with Crippen LogP contribution in [-0.4, -0.2) is 9.78 Å². The van der Waals surface area contributed by atoms with Crippen molar-refractivity contribution in [3.63, 3.8) is 0 Å². The molecule has 0 saturated heterocycles. The van der Waals surface area contributed by atoms with Gasteiger partial charge in [-0.3, -0.25) is 0 Å². The molecule has 1 heterocycles. The number of rotatable bonds is 2. The maximum atomic E-state index is 12.9. The van der Waals surface area contributed by atoms with Crippen LogP contribution in [0.15, 0.2) is 18.2 Å². The van der Waals surface area contributed by atoms with Crippen molar-refractivity contribution < 1.29 is 9.13 Å². The standard InChI is InChI=1S/C12H11FN4O/c1-7-9(6-14)12(17(2)16-7)18-11-4-3-8(13)5-10(11)15/h3-5H,15H2,1-2H3. The molecule has 0 aliphatic heterocycles. The van der Waals surface area contributed by atoms with E-state index in [2.05, 4.69) is 5.10 Å². The summed E-state index contributed by atoms with van der Waals surface area (Å²) in [6, 6.07) is 5.82. The lowest BCUT2D eigenvalue weighted by atomic mass is 10.2. The molecule has 92 valence electrons. The van der Waals surface area contributed by atoms with Crippen LogP contribution >= 0.6 is 0 Å². The highest BCUT2D eigenvalue weighted by Crippen LogP contribution is 2.30. The van der Waals surface area contributed by atoms with Crippen molar-refractivity contribution in [3.05, 3.63) is 35.3 Å². The van der Waals surface area contributed by atoms with Crippen molar-refractivity contribution in [3.8, 4) is 17.7 Å². The van der Waals surface area contributed by atoms with Gasteiger partial charge < -0.3 is 10.5 Å². The molecule has 0 fully saturated rings. The number of aromatic nitrogens is 2. The van der Waals surface area contributed by atoms with Gasteiger partial charge in [-0.1, -0.05) is 0 Å². The van der Waals surface area contributed by atoms with E-state index in [1.807, 2.05) is 6.07 Å². The van der Waals surface area contributed by atoms with Crippen LogP contribution in [0.4, 0.5) is 10.1 Å². The summed E-state index contributed by atoms with van der Waals surface area (Å²) in [6.07, 6.45) is 0. The first kappa shape index (κ1) is 11.9. The van der Waals surface area contributed by atoms with Crippen LogP contribution < -0.4 is 10.5 Å². The minimum absolute atomic E-state index is 0.165. The third kappa shape index (κ3) is 1.98. The number of nitriles is 1. The van der Waals surface area contributed by atoms with E-state index in [1.54, 1.807) is 14.0 Å². The molecular formula is C12H11FN4O. The first-order valence-corrected chi connectivity index (χ1v) is 5.19. The zero-order valence-electron chi connectivity index (χ0n) is 9.94. The molecule has 0 aliphatic rings. The van der Waals surface area contributed by atoms with Crippen molar-refractivity contribution in [2.45, 2.75) is 6.92 Å². The van der Waals surface area contributed by atoms with E-state index in [9.17, 15) is 4.39 Å². The molecule has 1 aromatic carbocycles. The number of hydrogen-bond donors (Lipinski definition) is 1. The number of hydrogen-bond acceptors (Lipinski definition) is 4. The van der Waals surface area contributed by atoms with E-state index in [1.165, 1.54) is 16.8 Å². The highest BCUT2D eigenvalue weighted by atomic mass is 19.1. The van der Waals surface area contributed by atoms with Gasteiger partial charge in [0, 0.05) is 13.1 Å². The topological polar surface area (TPSA) is 76.9 Å². The zero-order chi connectivity index (χ0) is 13.3. The molecule has 5 nitrogen and oxygen atoms in total. The number of nitrogens with two attached hydrogens (primary N) is 1. The van der Waals surface area contributed by atoms with Crippen LogP contribution in [0.3, 0.4) is 0 Å². The Morgan fingerprint density at radius 3 is 2.83 bits per heavy atom. The first-order valence-electron chi connectivity index (χ1n) is 5.19. The van der Waals surface area contributed by atoms with Crippen molar-refractivity contribution in [1.29, 1.82) is 5.26 Å². The molecule has 0 amide bonds. The van der Waals surface area contributed by atoms with Crippen LogP contribution in [0.5, 0.6) is 11.6 Å². The van der Waals surface area contributed by atoms with Gasteiger partial charge >= 0.3 is 0 Å². The summed E-state index contributed by atoms with van der Waals surface area (Å²) in [4.78, 5) is 0. The van der Waals surface area contributed by atoms with E-state index in [0.717, 1.165) is 6.07 Å². The van der Waals surface area contributed by atoms with Gasteiger partial charge in [0.15, 0.2) is 5.75 Å². The number of ether oxygens (including phenoxy) is 1. The second-order valence-corrected chi connectivity index (χ2v) is 3.79. The normalized spacial score (nSPS) is 10.1. The van der Waals surface area contributed by atoms with Crippen molar-refractivity contribution in [2.75, 3.05) is 5.73 Å². The molecule has 0 atom stereocenters. The highest BCUT2D eigenvalue weighted by Gasteiger charge is 2.16. The Morgan fingerprint density at radius 2 is 2.22 bits per heavy atom. The number of benzene rings is 1. The molecule has 0 unspecified atom stereocenters. The average molecular weight is 246 g/mol. The molecule has 18 heavy (non-hydrogen) atoms. The van der Waals surface area contributed by atoms with Crippen molar-refractivity contribution >= 4 is 5.69 Å². The lowest BCUT2D eigenvalue weighted by molar-refractivity contribution is 0.430. The quantitative estimate of drug-likeness (QED) is 0.823. The molecule has 2 N–H and O–H groups in total. The minimum Gasteiger partial charge on any atom is -0.436 e. The lowest BCUT2D eigenvalue weighted by Gasteiger charge is -2.08. The van der Waals surface area contributed by atoms with E-state index in [0.29, 0.717) is 11.3 Å². The molecule has 0 saturated carbocycles. The average Bonchev–Trinajstić information content (AvgIpc) is 2.57. The predicted octanol–water partition coefficient (Wildman–Crippen LogP) is 2.11. The molecule has 0 spiro atoms. The maximum Gasteiger partial charge on any atom is 0.235 e. The number of anilines is 1. The monoisotopic (exact) mass is 246 g/mol. The summed E-state index contributed by atoms with van der Waals surface area (Å²) in [6.45, 7) is 1.71. The van der Waals surface area contributed by atoms with Gasteiger partial charge in [0.2, 0.25) is 5.88 Å². The third-order valence-corrected chi connectivity index (χ3v) is 2.46. The molecule has 0 aliphatic carbocycles. The van der Waals surface area contributed by atoms with Gasteiger partial charge in [0.1, 0.15) is 17.4 Å². The van der Waals surface area contributed by atoms with Gasteiger partial charge in [-0.25, -0.2) is 9.07 Å². The van der Waals surface area contributed by atoms with Gasteiger partial charge in [-0.15, -0.1) is 0 Å². The molecule has 2 aromatic rings. The molecule has 6 heteroatoms. The Bertz CT molecular complexity index is 642. The number of aryl methyl sites for hydroxylation is 2. The smallest absolute Gasteiger partial charge is 0.235 e. The summed E-state index contributed by atoms with van der Waals surface area (Å²) >= 11 is 0. The molecule has 1 aromatic heterocycles. The summed E-state index contributed by atoms with van der Waals surface area (Å²) in [5.41, 5.74) is 6.70. The van der Waals surface area contributed by atoms with E-state index >= 15 is 0 Å². The van der Waals surface area contributed by atoms with Crippen LogP contribution in [0.2, 0.25) is 0 Å². The summed E-state index contributed by atoms with van der Waals surface area (Å²) < 4.78 is 19.9. The Hall–Kier alpha value is -2.55. The van der Waals surface area contributed by atoms with E-state index < -0.39 is 5.82 Å². The van der Waals surface area contributed by atoms with Crippen LogP contribution in [0.1, 0.15) is 11.3 Å². The van der Waals surface area contributed by atoms with Gasteiger partial charge in [-0.2, -0.15) is 10.4 Å². The molecule has 2 rings (SSSR count). The minimum atomic E-state index is -0.443. The lowest BCUT2D eigenvalue weighted by Crippen LogP contribution is -1.99. The second-order valence-electron chi connectivity index (χ2n) is 3.79. The van der Waals surface area contributed by atoms with Gasteiger partial charge in [-0.05, 0) is 19.1 Å². The summed E-state index contributed by atoms with van der Waals surface area (Å²) in [7, 11) is 1.66. The molecular weight excluding hydrogens is 235 g/mol. The fourth-order valence-electron chi connectivity index (χ4n) is 1.60. The molecule has 0 bridgehead atoms. The largest absolute Gasteiger partial charge is 0.436 e.